The van der Waals surface area contributed by atoms with Gasteiger partial charge in [0.25, 0.3) is 0 Å². The number of hydrogen-bond donors (Lipinski definition) is 0. The maximum Gasteiger partial charge on any atom is 0.367 e. The van der Waals surface area contributed by atoms with Crippen LogP contribution in [-0.4, -0.2) is 23.4 Å². The first-order valence-corrected chi connectivity index (χ1v) is 6.55. The molecule has 0 aromatic heterocycles. The monoisotopic (exact) mass is 230 g/mol. The Kier molecular flexibility index (Phi) is 5.76. The molecule has 0 aromatic rings. The maximum atomic E-state index is 11.7. The molecule has 0 aromatic carbocycles. The van der Waals surface area contributed by atoms with Crippen molar-refractivity contribution in [1.29, 1.82) is 0 Å². The molecule has 0 amide bonds. The Morgan fingerprint density at radius 2 is 1.93 bits per heavy atom. The van der Waals surface area contributed by atoms with Gasteiger partial charge in [-0.05, 0) is 31.5 Å². The van der Waals surface area contributed by atoms with E-state index in [4.69, 9.17) is 4.74 Å². The average Bonchev–Trinajstić information content (AvgIpc) is 2.27. The van der Waals surface area contributed by atoms with Gasteiger partial charge in [0.15, 0.2) is 0 Å². The molecule has 0 aliphatic heterocycles. The number of rotatable bonds is 4. The van der Waals surface area contributed by atoms with E-state index < -0.39 is 0 Å². The number of ether oxygens (including phenoxy) is 1. The van der Waals surface area contributed by atoms with Crippen molar-refractivity contribution in [2.45, 2.75) is 39.0 Å². The zero-order valence-corrected chi connectivity index (χ0v) is 9.98. The third kappa shape index (κ3) is 4.69. The molecule has 0 saturated heterocycles. The lowest BCUT2D eigenvalue weighted by Crippen LogP contribution is -2.20. The molecule has 0 bridgehead atoms. The van der Waals surface area contributed by atoms with E-state index in [0.717, 1.165) is 37.4 Å². The van der Waals surface area contributed by atoms with Crippen molar-refractivity contribution in [3.05, 3.63) is 0 Å². The summed E-state index contributed by atoms with van der Waals surface area (Å²) in [5, 5.41) is -0.332. The molecule has 0 N–H and O–H groups in total. The van der Waals surface area contributed by atoms with Gasteiger partial charge in [-0.25, -0.2) is 4.79 Å². The van der Waals surface area contributed by atoms with Gasteiger partial charge in [0, 0.05) is 5.92 Å². The fourth-order valence-corrected chi connectivity index (χ4v) is 2.53. The van der Waals surface area contributed by atoms with E-state index in [1.54, 1.807) is 6.92 Å². The summed E-state index contributed by atoms with van der Waals surface area (Å²) in [7, 11) is 0. The van der Waals surface area contributed by atoms with Gasteiger partial charge in [0.1, 0.15) is 5.78 Å². The van der Waals surface area contributed by atoms with Crippen molar-refractivity contribution in [3.8, 4) is 0 Å². The topological polar surface area (TPSA) is 43.4 Å². The van der Waals surface area contributed by atoms with Gasteiger partial charge in [0.2, 0.25) is 0 Å². The number of Topliss-reactive ketones (excluding diaryl/α,β-unsaturated/α-hetero) is 1. The van der Waals surface area contributed by atoms with Crippen LogP contribution in [0, 0.1) is 5.92 Å². The van der Waals surface area contributed by atoms with E-state index in [1.807, 2.05) is 0 Å². The van der Waals surface area contributed by atoms with Gasteiger partial charge < -0.3 is 4.74 Å². The third-order valence-corrected chi connectivity index (χ3v) is 3.44. The van der Waals surface area contributed by atoms with Crippen LogP contribution in [0.15, 0.2) is 0 Å². The Labute approximate surface area is 94.9 Å². The third-order valence-electron chi connectivity index (χ3n) is 2.65. The molecule has 1 rings (SSSR count). The molecule has 1 aliphatic carbocycles. The van der Waals surface area contributed by atoms with Gasteiger partial charge in [-0.1, -0.05) is 19.3 Å². The van der Waals surface area contributed by atoms with Crippen molar-refractivity contribution in [2.75, 3.05) is 12.4 Å². The molecule has 0 spiro atoms. The van der Waals surface area contributed by atoms with Gasteiger partial charge in [0.05, 0.1) is 12.4 Å². The number of carbonyl (C=O) groups is 2. The second-order valence-corrected chi connectivity index (χ2v) is 4.68. The predicted octanol–water partition coefficient (Wildman–Crippen LogP) is 3.03. The normalized spacial score (nSPS) is 17.4. The highest BCUT2D eigenvalue weighted by Gasteiger charge is 2.21. The summed E-state index contributed by atoms with van der Waals surface area (Å²) in [6, 6.07) is 0. The number of hydrogen-bond acceptors (Lipinski definition) is 4. The first-order valence-electron chi connectivity index (χ1n) is 5.56. The van der Waals surface area contributed by atoms with Crippen LogP contribution in [-0.2, 0) is 9.53 Å². The molecule has 0 unspecified atom stereocenters. The SMILES string of the molecule is CCOC(=O)SCC(=O)C1CCCCC1. The van der Waals surface area contributed by atoms with E-state index in [0.29, 0.717) is 6.61 Å². The van der Waals surface area contributed by atoms with Crippen LogP contribution in [0.1, 0.15) is 39.0 Å². The molecule has 1 fully saturated rings. The van der Waals surface area contributed by atoms with Gasteiger partial charge in [-0.3, -0.25) is 4.79 Å². The summed E-state index contributed by atoms with van der Waals surface area (Å²) in [5.41, 5.74) is 0. The highest BCUT2D eigenvalue weighted by atomic mass is 32.2. The molecule has 3 nitrogen and oxygen atoms in total. The molecule has 86 valence electrons. The molecule has 0 radical (unpaired) electrons. The van der Waals surface area contributed by atoms with E-state index in [1.165, 1.54) is 6.42 Å². The maximum absolute atomic E-state index is 11.7. The second-order valence-electron chi connectivity index (χ2n) is 3.77. The standard InChI is InChI=1S/C11H18O3S/c1-2-14-11(13)15-8-10(12)9-6-4-3-5-7-9/h9H,2-8H2,1H3. The molecule has 0 atom stereocenters. The van der Waals surface area contributed by atoms with Crippen LogP contribution < -0.4 is 0 Å². The summed E-state index contributed by atoms with van der Waals surface area (Å²) in [6.45, 7) is 2.14. The lowest BCUT2D eigenvalue weighted by atomic mass is 9.87. The van der Waals surface area contributed by atoms with E-state index in [2.05, 4.69) is 0 Å². The average molecular weight is 230 g/mol. The molecule has 1 saturated carbocycles. The first kappa shape index (κ1) is 12.6. The fourth-order valence-electron chi connectivity index (χ4n) is 1.83. The summed E-state index contributed by atoms with van der Waals surface area (Å²) in [6.07, 6.45) is 5.56. The number of ketones is 1. The van der Waals surface area contributed by atoms with Gasteiger partial charge in [-0.2, -0.15) is 0 Å². The van der Waals surface area contributed by atoms with Gasteiger partial charge in [-0.15, -0.1) is 0 Å². The van der Waals surface area contributed by atoms with Crippen molar-refractivity contribution < 1.29 is 14.3 Å². The summed E-state index contributed by atoms with van der Waals surface area (Å²) >= 11 is 0.992. The molecule has 4 heteroatoms. The zero-order chi connectivity index (χ0) is 11.1. The first-order chi connectivity index (χ1) is 7.24. The summed E-state index contributed by atoms with van der Waals surface area (Å²) in [4.78, 5) is 22.7. The van der Waals surface area contributed by atoms with Crippen LogP contribution in [0.4, 0.5) is 4.79 Å². The smallest absolute Gasteiger partial charge is 0.367 e. The summed E-state index contributed by atoms with van der Waals surface area (Å²) < 4.78 is 4.75. The minimum Gasteiger partial charge on any atom is -0.458 e. The molecular formula is C11H18O3S. The number of thioether (sulfide) groups is 1. The van der Waals surface area contributed by atoms with Crippen molar-refractivity contribution in [2.24, 2.45) is 5.92 Å². The highest BCUT2D eigenvalue weighted by molar-refractivity contribution is 8.13. The lowest BCUT2D eigenvalue weighted by Gasteiger charge is -2.19. The minimum absolute atomic E-state index is 0.195. The van der Waals surface area contributed by atoms with Crippen LogP contribution in [0.3, 0.4) is 0 Å². The van der Waals surface area contributed by atoms with E-state index >= 15 is 0 Å². The Morgan fingerprint density at radius 3 is 2.53 bits per heavy atom. The van der Waals surface area contributed by atoms with Crippen LogP contribution >= 0.6 is 11.8 Å². The Balaban J connectivity index is 2.19. The molecule has 15 heavy (non-hydrogen) atoms. The quantitative estimate of drug-likeness (QED) is 0.696. The highest BCUT2D eigenvalue weighted by Crippen LogP contribution is 2.25. The zero-order valence-electron chi connectivity index (χ0n) is 9.16. The number of carbonyl (C=O) groups excluding carboxylic acids is 2. The van der Waals surface area contributed by atoms with Crippen LogP contribution in [0.25, 0.3) is 0 Å². The summed E-state index contributed by atoms with van der Waals surface area (Å²) in [5.74, 6) is 0.692. The fraction of sp³-hybridized carbons (Fsp3) is 0.818. The van der Waals surface area contributed by atoms with Crippen LogP contribution in [0.2, 0.25) is 0 Å². The molecule has 1 aliphatic rings. The van der Waals surface area contributed by atoms with Crippen molar-refractivity contribution >= 4 is 22.8 Å². The van der Waals surface area contributed by atoms with Crippen molar-refractivity contribution in [1.82, 2.24) is 0 Å². The minimum atomic E-state index is -0.332. The van der Waals surface area contributed by atoms with Crippen LogP contribution in [0.5, 0.6) is 0 Å². The largest absolute Gasteiger partial charge is 0.458 e. The molecular weight excluding hydrogens is 212 g/mol. The van der Waals surface area contributed by atoms with E-state index in [-0.39, 0.29) is 22.8 Å². The Hall–Kier alpha value is -0.510. The Morgan fingerprint density at radius 1 is 1.27 bits per heavy atom. The second kappa shape index (κ2) is 6.88. The Bertz CT molecular complexity index is 222. The predicted molar refractivity (Wildman–Crippen MR) is 61.1 cm³/mol. The van der Waals surface area contributed by atoms with Gasteiger partial charge >= 0.3 is 5.30 Å². The molecule has 0 heterocycles. The van der Waals surface area contributed by atoms with Crippen molar-refractivity contribution in [3.63, 3.8) is 0 Å². The van der Waals surface area contributed by atoms with E-state index in [9.17, 15) is 9.59 Å². The lowest BCUT2D eigenvalue weighted by molar-refractivity contribution is -0.121.